The monoisotopic (exact) mass is 393 g/mol. The second kappa shape index (κ2) is 11.1. The third kappa shape index (κ3) is 6.26. The van der Waals surface area contributed by atoms with Gasteiger partial charge in [0.05, 0.1) is 5.25 Å². The SMILES string of the molecule is CC.COCOc1ccc(C(SC#N)c2cccc(Br)c2)cc1. The van der Waals surface area contributed by atoms with Crippen molar-refractivity contribution in [1.82, 2.24) is 0 Å². The van der Waals surface area contributed by atoms with Crippen LogP contribution in [-0.2, 0) is 4.74 Å². The molecule has 0 radical (unpaired) electrons. The lowest BCUT2D eigenvalue weighted by atomic mass is 10.0. The molecule has 2 aromatic rings. The van der Waals surface area contributed by atoms with Crippen molar-refractivity contribution in [2.75, 3.05) is 13.9 Å². The van der Waals surface area contributed by atoms with Crippen LogP contribution in [0.5, 0.6) is 5.75 Å². The third-order valence-corrected chi connectivity index (χ3v) is 4.23. The molecule has 0 aliphatic heterocycles. The van der Waals surface area contributed by atoms with Crippen LogP contribution < -0.4 is 4.74 Å². The second-order valence-corrected chi connectivity index (χ2v) is 6.07. The van der Waals surface area contributed by atoms with Crippen molar-refractivity contribution >= 4 is 27.7 Å². The number of rotatable bonds is 6. The van der Waals surface area contributed by atoms with E-state index < -0.39 is 0 Å². The number of halogens is 1. The number of ether oxygens (including phenoxy) is 2. The van der Waals surface area contributed by atoms with E-state index in [-0.39, 0.29) is 12.0 Å². The number of benzene rings is 2. The van der Waals surface area contributed by atoms with Gasteiger partial charge in [0.1, 0.15) is 11.2 Å². The lowest BCUT2D eigenvalue weighted by molar-refractivity contribution is 0.0511. The topological polar surface area (TPSA) is 42.2 Å². The van der Waals surface area contributed by atoms with Crippen LogP contribution in [0.4, 0.5) is 0 Å². The predicted octanol–water partition coefficient (Wildman–Crippen LogP) is 5.76. The molecule has 1 unspecified atom stereocenters. The molecule has 0 heterocycles. The Bertz CT molecular complexity index is 626. The Hall–Kier alpha value is -1.48. The standard InChI is InChI=1S/C16H14BrNO2S.C2H6/c1-19-11-20-15-7-5-12(6-8-15)16(21-10-18)13-3-2-4-14(17)9-13;1-2/h2-9,16H,11H2,1H3;1-2H3. The molecular weight excluding hydrogens is 374 g/mol. The molecule has 0 aromatic heterocycles. The summed E-state index contributed by atoms with van der Waals surface area (Å²) >= 11 is 4.70. The maximum Gasteiger partial charge on any atom is 0.188 e. The van der Waals surface area contributed by atoms with Gasteiger partial charge < -0.3 is 9.47 Å². The highest BCUT2D eigenvalue weighted by atomic mass is 79.9. The quantitative estimate of drug-likeness (QED) is 0.461. The highest BCUT2D eigenvalue weighted by molar-refractivity contribution is 9.10. The molecule has 0 saturated carbocycles. The van der Waals surface area contributed by atoms with E-state index in [4.69, 9.17) is 14.7 Å². The van der Waals surface area contributed by atoms with Gasteiger partial charge in [-0.3, -0.25) is 0 Å². The second-order valence-electron chi connectivity index (χ2n) is 4.26. The summed E-state index contributed by atoms with van der Waals surface area (Å²) in [6.07, 6.45) is 0. The molecule has 0 amide bonds. The lowest BCUT2D eigenvalue weighted by Gasteiger charge is -2.15. The molecule has 0 aliphatic carbocycles. The molecule has 23 heavy (non-hydrogen) atoms. The minimum Gasteiger partial charge on any atom is -0.468 e. The zero-order valence-electron chi connectivity index (χ0n) is 13.5. The van der Waals surface area contributed by atoms with Gasteiger partial charge in [0.2, 0.25) is 0 Å². The average Bonchev–Trinajstić information content (AvgIpc) is 2.60. The molecule has 0 N–H and O–H groups in total. The number of nitriles is 1. The number of methoxy groups -OCH3 is 1. The van der Waals surface area contributed by atoms with E-state index in [1.165, 1.54) is 11.8 Å². The van der Waals surface area contributed by atoms with Crippen LogP contribution in [-0.4, -0.2) is 13.9 Å². The van der Waals surface area contributed by atoms with E-state index in [1.54, 1.807) is 7.11 Å². The molecule has 2 rings (SSSR count). The zero-order chi connectivity index (χ0) is 17.1. The molecule has 0 spiro atoms. The van der Waals surface area contributed by atoms with E-state index in [0.29, 0.717) is 0 Å². The molecule has 1 atom stereocenters. The predicted molar refractivity (Wildman–Crippen MR) is 99.5 cm³/mol. The van der Waals surface area contributed by atoms with Crippen molar-refractivity contribution in [2.45, 2.75) is 19.1 Å². The summed E-state index contributed by atoms with van der Waals surface area (Å²) in [6.45, 7) is 4.22. The Morgan fingerprint density at radius 1 is 1.13 bits per heavy atom. The van der Waals surface area contributed by atoms with Gasteiger partial charge in [-0.15, -0.1) is 0 Å². The Morgan fingerprint density at radius 2 is 1.83 bits per heavy atom. The number of hydrogen-bond acceptors (Lipinski definition) is 4. The number of hydrogen-bond donors (Lipinski definition) is 0. The van der Waals surface area contributed by atoms with Crippen molar-refractivity contribution in [2.24, 2.45) is 0 Å². The van der Waals surface area contributed by atoms with Crippen LogP contribution in [0, 0.1) is 10.7 Å². The van der Waals surface area contributed by atoms with Crippen LogP contribution >= 0.6 is 27.7 Å². The van der Waals surface area contributed by atoms with Gasteiger partial charge >= 0.3 is 0 Å². The molecule has 2 aromatic carbocycles. The van der Waals surface area contributed by atoms with Crippen molar-refractivity contribution in [3.63, 3.8) is 0 Å². The maximum atomic E-state index is 9.06. The summed E-state index contributed by atoms with van der Waals surface area (Å²) < 4.78 is 11.2. The summed E-state index contributed by atoms with van der Waals surface area (Å²) in [5, 5.41) is 11.2. The Labute approximate surface area is 150 Å². The number of thiocyanates is 1. The van der Waals surface area contributed by atoms with Gasteiger partial charge in [-0.1, -0.05) is 54.0 Å². The summed E-state index contributed by atoms with van der Waals surface area (Å²) in [5.41, 5.74) is 2.14. The Balaban J connectivity index is 0.00000127. The highest BCUT2D eigenvalue weighted by Gasteiger charge is 2.15. The molecular formula is C18H20BrNO2S. The van der Waals surface area contributed by atoms with Crippen molar-refractivity contribution < 1.29 is 9.47 Å². The van der Waals surface area contributed by atoms with E-state index in [1.807, 2.05) is 62.4 Å². The molecule has 0 aliphatic rings. The molecule has 0 bridgehead atoms. The first-order valence-electron chi connectivity index (χ1n) is 7.26. The normalized spacial score (nSPS) is 10.9. The fourth-order valence-corrected chi connectivity index (χ4v) is 3.01. The van der Waals surface area contributed by atoms with Gasteiger partial charge in [0.25, 0.3) is 0 Å². The van der Waals surface area contributed by atoms with Crippen LogP contribution in [0.1, 0.15) is 30.2 Å². The zero-order valence-corrected chi connectivity index (χ0v) is 15.9. The summed E-state index contributed by atoms with van der Waals surface area (Å²) in [5.74, 6) is 0.746. The van der Waals surface area contributed by atoms with E-state index in [2.05, 4.69) is 21.3 Å². The average molecular weight is 394 g/mol. The highest BCUT2D eigenvalue weighted by Crippen LogP contribution is 2.36. The lowest BCUT2D eigenvalue weighted by Crippen LogP contribution is -2.00. The number of thioether (sulfide) groups is 1. The first-order valence-corrected chi connectivity index (χ1v) is 8.93. The molecule has 3 nitrogen and oxygen atoms in total. The minimum atomic E-state index is -0.0241. The van der Waals surface area contributed by atoms with Crippen LogP contribution in [0.2, 0.25) is 0 Å². The van der Waals surface area contributed by atoms with Crippen molar-refractivity contribution in [3.05, 3.63) is 64.1 Å². The van der Waals surface area contributed by atoms with Crippen LogP contribution in [0.15, 0.2) is 53.0 Å². The van der Waals surface area contributed by atoms with E-state index >= 15 is 0 Å². The smallest absolute Gasteiger partial charge is 0.188 e. The minimum absolute atomic E-state index is 0.0241. The summed E-state index contributed by atoms with van der Waals surface area (Å²) in [6, 6.07) is 15.7. The number of nitrogens with zero attached hydrogens (tertiary/aromatic N) is 1. The van der Waals surface area contributed by atoms with E-state index in [0.717, 1.165) is 21.3 Å². The van der Waals surface area contributed by atoms with Crippen LogP contribution in [0.3, 0.4) is 0 Å². The van der Waals surface area contributed by atoms with Gasteiger partial charge in [-0.05, 0) is 47.2 Å². The van der Waals surface area contributed by atoms with Gasteiger partial charge in [0, 0.05) is 11.6 Å². The fourth-order valence-electron chi connectivity index (χ4n) is 1.92. The van der Waals surface area contributed by atoms with Gasteiger partial charge in [-0.25, -0.2) is 0 Å². The molecule has 5 heteroatoms. The summed E-state index contributed by atoms with van der Waals surface area (Å²) in [4.78, 5) is 0. The third-order valence-electron chi connectivity index (χ3n) is 2.85. The van der Waals surface area contributed by atoms with E-state index in [9.17, 15) is 0 Å². The van der Waals surface area contributed by atoms with Crippen molar-refractivity contribution in [1.29, 1.82) is 5.26 Å². The molecule has 0 fully saturated rings. The first kappa shape index (κ1) is 19.6. The van der Waals surface area contributed by atoms with Crippen LogP contribution in [0.25, 0.3) is 0 Å². The van der Waals surface area contributed by atoms with Gasteiger partial charge in [0.15, 0.2) is 6.79 Å². The fraction of sp³-hybridized carbons (Fsp3) is 0.278. The molecule has 122 valence electrons. The summed E-state index contributed by atoms with van der Waals surface area (Å²) in [7, 11) is 1.58. The molecule has 0 saturated heterocycles. The van der Waals surface area contributed by atoms with Crippen molar-refractivity contribution in [3.8, 4) is 11.2 Å². The Morgan fingerprint density at radius 3 is 2.39 bits per heavy atom. The van der Waals surface area contributed by atoms with Gasteiger partial charge in [-0.2, -0.15) is 5.26 Å². The largest absolute Gasteiger partial charge is 0.468 e. The maximum absolute atomic E-state index is 9.06. The first-order chi connectivity index (χ1) is 11.2. The Kier molecular flexibility index (Phi) is 9.46.